The fourth-order valence-electron chi connectivity index (χ4n) is 7.54. The Morgan fingerprint density at radius 1 is 0.333 bits per heavy atom. The molecule has 9 aromatic rings. The lowest BCUT2D eigenvalue weighted by molar-refractivity contribution is 0.407. The third kappa shape index (κ3) is 7.48. The summed E-state index contributed by atoms with van der Waals surface area (Å²) in [7, 11) is 0. The van der Waals surface area contributed by atoms with E-state index in [0.29, 0.717) is 0 Å². The van der Waals surface area contributed by atoms with Crippen LogP contribution in [0.5, 0.6) is 0 Å². The highest BCUT2D eigenvalue weighted by Crippen LogP contribution is 2.45. The van der Waals surface area contributed by atoms with Crippen molar-refractivity contribution in [2.75, 3.05) is 9.80 Å². The van der Waals surface area contributed by atoms with Crippen LogP contribution >= 0.6 is 22.7 Å². The normalized spacial score (nSPS) is 11.4. The zero-order valence-corrected chi connectivity index (χ0v) is 33.9. The molecule has 0 fully saturated rings. The van der Waals surface area contributed by atoms with Gasteiger partial charge in [-0.3, -0.25) is 0 Å². The molecule has 0 unspecified atom stereocenters. The standard InChI is InChI=1S/C52H43N3S2/c1-52(2,3)55-46(38-24-28-44(29-25-38)53(42-20-12-6-13-21-42)50-36-34-48(56-50)40-16-8-4-9-17-40)32-33-47(55)39-26-30-45(31-27-39)54(43-22-14-7-15-23-43)51-37-35-49(57-51)41-18-10-5-11-19-41/h4-37H,1-3H3. The predicted octanol–water partition coefficient (Wildman–Crippen LogP) is 16.0. The van der Waals surface area contributed by atoms with E-state index in [1.54, 1.807) is 0 Å². The number of para-hydroxylation sites is 2. The highest BCUT2D eigenvalue weighted by atomic mass is 32.1. The minimum Gasteiger partial charge on any atom is -0.335 e. The molecule has 0 bridgehead atoms. The van der Waals surface area contributed by atoms with Gasteiger partial charge in [-0.05, 0) is 128 Å². The molecule has 3 aromatic heterocycles. The molecular weight excluding hydrogens is 731 g/mol. The number of hydrogen-bond acceptors (Lipinski definition) is 4. The minimum absolute atomic E-state index is 0.159. The molecule has 5 heteroatoms. The molecule has 3 nitrogen and oxygen atoms in total. The molecule has 0 amide bonds. The number of nitrogens with zero attached hydrogens (tertiary/aromatic N) is 3. The highest BCUT2D eigenvalue weighted by Gasteiger charge is 2.24. The first kappa shape index (κ1) is 36.3. The molecule has 0 aliphatic rings. The molecule has 0 aliphatic carbocycles. The van der Waals surface area contributed by atoms with Crippen LogP contribution in [0.1, 0.15) is 20.8 Å². The smallest absolute Gasteiger partial charge is 0.101 e. The Morgan fingerprint density at radius 3 is 1.02 bits per heavy atom. The molecule has 0 spiro atoms. The van der Waals surface area contributed by atoms with Crippen molar-refractivity contribution in [3.8, 4) is 43.4 Å². The summed E-state index contributed by atoms with van der Waals surface area (Å²) < 4.78 is 2.48. The van der Waals surface area contributed by atoms with Gasteiger partial charge in [-0.25, -0.2) is 0 Å². The van der Waals surface area contributed by atoms with Crippen LogP contribution in [0, 0.1) is 0 Å². The summed E-state index contributed by atoms with van der Waals surface area (Å²) in [5.74, 6) is 0. The van der Waals surface area contributed by atoms with Gasteiger partial charge in [0.1, 0.15) is 10.0 Å². The van der Waals surface area contributed by atoms with Crippen molar-refractivity contribution in [2.45, 2.75) is 26.3 Å². The minimum atomic E-state index is -0.159. The summed E-state index contributed by atoms with van der Waals surface area (Å²) in [6.07, 6.45) is 0. The van der Waals surface area contributed by atoms with Crippen LogP contribution in [-0.2, 0) is 5.54 Å². The molecule has 0 aliphatic heterocycles. The van der Waals surface area contributed by atoms with Gasteiger partial charge in [0.15, 0.2) is 0 Å². The van der Waals surface area contributed by atoms with Crippen molar-refractivity contribution in [1.29, 1.82) is 0 Å². The van der Waals surface area contributed by atoms with Crippen LogP contribution in [0.3, 0.4) is 0 Å². The Bertz CT molecular complexity index is 2500. The van der Waals surface area contributed by atoms with Gasteiger partial charge in [0, 0.05) is 49.4 Å². The Morgan fingerprint density at radius 2 is 0.667 bits per heavy atom. The third-order valence-corrected chi connectivity index (χ3v) is 12.4. The molecule has 0 N–H and O–H groups in total. The number of thiophene rings is 2. The van der Waals surface area contributed by atoms with Crippen LogP contribution in [0.2, 0.25) is 0 Å². The van der Waals surface area contributed by atoms with Gasteiger partial charge in [-0.2, -0.15) is 0 Å². The highest BCUT2D eigenvalue weighted by molar-refractivity contribution is 7.19. The SMILES string of the molecule is CC(C)(C)n1c(-c2ccc(N(c3ccccc3)c3ccc(-c4ccccc4)s3)cc2)ccc1-c1ccc(N(c2ccccc2)c2ccc(-c3ccccc3)s2)cc1. The van der Waals surface area contributed by atoms with E-state index in [0.717, 1.165) is 22.7 Å². The van der Waals surface area contributed by atoms with Gasteiger partial charge in [0.2, 0.25) is 0 Å². The third-order valence-electron chi connectivity index (χ3n) is 10.2. The van der Waals surface area contributed by atoms with E-state index in [4.69, 9.17) is 0 Å². The number of benzene rings is 6. The summed E-state index contributed by atoms with van der Waals surface area (Å²) in [6, 6.07) is 74.1. The van der Waals surface area contributed by atoms with Gasteiger partial charge in [0.05, 0.1) is 0 Å². The summed E-state index contributed by atoms with van der Waals surface area (Å²) in [5.41, 5.74) is 11.6. The maximum Gasteiger partial charge on any atom is 0.101 e. The maximum absolute atomic E-state index is 2.48. The summed E-state index contributed by atoms with van der Waals surface area (Å²) in [6.45, 7) is 6.87. The van der Waals surface area contributed by atoms with Crippen LogP contribution in [0.25, 0.3) is 43.4 Å². The Hall–Kier alpha value is -6.40. The summed E-state index contributed by atoms with van der Waals surface area (Å²) in [4.78, 5) is 7.22. The molecule has 9 rings (SSSR count). The molecular formula is C52H43N3S2. The first-order chi connectivity index (χ1) is 27.9. The lowest BCUT2D eigenvalue weighted by atomic mass is 10.0. The summed E-state index contributed by atoms with van der Waals surface area (Å²) in [5, 5.41) is 2.36. The number of hydrogen-bond donors (Lipinski definition) is 0. The van der Waals surface area contributed by atoms with Gasteiger partial charge in [-0.15, -0.1) is 22.7 Å². The van der Waals surface area contributed by atoms with E-state index in [2.05, 4.69) is 241 Å². The quantitative estimate of drug-likeness (QED) is 0.137. The van der Waals surface area contributed by atoms with Crippen LogP contribution in [-0.4, -0.2) is 4.57 Å². The van der Waals surface area contributed by atoms with Gasteiger partial charge >= 0.3 is 0 Å². The second-order valence-electron chi connectivity index (χ2n) is 15.1. The van der Waals surface area contributed by atoms with E-state index >= 15 is 0 Å². The van der Waals surface area contributed by atoms with Gasteiger partial charge < -0.3 is 14.4 Å². The molecule has 6 aromatic carbocycles. The van der Waals surface area contributed by atoms with E-state index in [1.165, 1.54) is 53.4 Å². The number of aromatic nitrogens is 1. The first-order valence-corrected chi connectivity index (χ1v) is 21.0. The zero-order chi connectivity index (χ0) is 38.8. The van der Waals surface area contributed by atoms with E-state index < -0.39 is 0 Å². The van der Waals surface area contributed by atoms with Crippen molar-refractivity contribution in [1.82, 2.24) is 4.57 Å². The fourth-order valence-corrected chi connectivity index (χ4v) is 9.65. The van der Waals surface area contributed by atoms with Crippen LogP contribution in [0.15, 0.2) is 206 Å². The van der Waals surface area contributed by atoms with E-state index in [1.807, 2.05) is 22.7 Å². The van der Waals surface area contributed by atoms with Crippen molar-refractivity contribution in [3.63, 3.8) is 0 Å². The van der Waals surface area contributed by atoms with Crippen LogP contribution in [0.4, 0.5) is 32.8 Å². The molecule has 0 radical (unpaired) electrons. The molecule has 3 heterocycles. The fraction of sp³-hybridized carbons (Fsp3) is 0.0769. The van der Waals surface area contributed by atoms with Crippen molar-refractivity contribution < 1.29 is 0 Å². The average Bonchev–Trinajstić information content (AvgIpc) is 4.05. The second-order valence-corrected chi connectivity index (χ2v) is 17.2. The topological polar surface area (TPSA) is 11.4 Å². The lowest BCUT2D eigenvalue weighted by Crippen LogP contribution is -2.23. The van der Waals surface area contributed by atoms with E-state index in [9.17, 15) is 0 Å². The van der Waals surface area contributed by atoms with Gasteiger partial charge in [0.25, 0.3) is 0 Å². The molecule has 57 heavy (non-hydrogen) atoms. The average molecular weight is 774 g/mol. The van der Waals surface area contributed by atoms with Crippen LogP contribution < -0.4 is 9.80 Å². The molecule has 0 saturated heterocycles. The summed E-state index contributed by atoms with van der Waals surface area (Å²) >= 11 is 3.62. The Kier molecular flexibility index (Phi) is 9.93. The molecule has 0 atom stereocenters. The zero-order valence-electron chi connectivity index (χ0n) is 32.3. The predicted molar refractivity (Wildman–Crippen MR) is 246 cm³/mol. The molecule has 278 valence electrons. The monoisotopic (exact) mass is 773 g/mol. The Labute approximate surface area is 344 Å². The molecule has 0 saturated carbocycles. The largest absolute Gasteiger partial charge is 0.335 e. The van der Waals surface area contributed by atoms with E-state index in [-0.39, 0.29) is 5.54 Å². The second kappa shape index (κ2) is 15.6. The lowest BCUT2D eigenvalue weighted by Gasteiger charge is -2.29. The van der Waals surface area contributed by atoms with Crippen molar-refractivity contribution in [2.24, 2.45) is 0 Å². The maximum atomic E-state index is 2.48. The Balaban J connectivity index is 1.04. The number of anilines is 6. The van der Waals surface area contributed by atoms with Crippen molar-refractivity contribution in [3.05, 3.63) is 206 Å². The van der Waals surface area contributed by atoms with Crippen molar-refractivity contribution >= 4 is 55.4 Å². The number of rotatable bonds is 10. The van der Waals surface area contributed by atoms with Gasteiger partial charge in [-0.1, -0.05) is 121 Å². The first-order valence-electron chi connectivity index (χ1n) is 19.3.